The molecule has 0 spiro atoms. The zero-order valence-corrected chi connectivity index (χ0v) is 11.0. The Kier molecular flexibility index (Phi) is 4.02. The summed E-state index contributed by atoms with van der Waals surface area (Å²) < 4.78 is 0. The Hall–Kier alpha value is -2.07. The highest BCUT2D eigenvalue weighted by molar-refractivity contribution is 5.38. The van der Waals surface area contributed by atoms with E-state index in [4.69, 9.17) is 0 Å². The van der Waals surface area contributed by atoms with Crippen LogP contribution in [0.1, 0.15) is 37.1 Å². The number of benzene rings is 1. The van der Waals surface area contributed by atoms with Crippen molar-refractivity contribution in [1.29, 1.82) is 0 Å². The van der Waals surface area contributed by atoms with E-state index >= 15 is 0 Å². The number of hydrogen-bond donors (Lipinski definition) is 3. The molecule has 0 aliphatic carbocycles. The van der Waals surface area contributed by atoms with Gasteiger partial charge in [-0.1, -0.05) is 0 Å². The van der Waals surface area contributed by atoms with Crippen molar-refractivity contribution in [3.05, 3.63) is 53.9 Å². The molecule has 0 saturated carbocycles. The fourth-order valence-electron chi connectivity index (χ4n) is 2.09. The van der Waals surface area contributed by atoms with Gasteiger partial charge in [0.2, 0.25) is 0 Å². The van der Waals surface area contributed by atoms with Crippen LogP contribution in [0.5, 0.6) is 11.5 Å². The van der Waals surface area contributed by atoms with Gasteiger partial charge in [0.05, 0.1) is 0 Å². The molecule has 2 atom stereocenters. The minimum Gasteiger partial charge on any atom is -0.508 e. The van der Waals surface area contributed by atoms with Crippen LogP contribution in [0, 0.1) is 0 Å². The first kappa shape index (κ1) is 13.4. The van der Waals surface area contributed by atoms with Gasteiger partial charge in [0.15, 0.2) is 0 Å². The molecular weight excluding hydrogens is 240 g/mol. The molecule has 1 aromatic carbocycles. The lowest BCUT2D eigenvalue weighted by Gasteiger charge is -2.21. The molecule has 0 bridgehead atoms. The fraction of sp³-hybridized carbons (Fsp3) is 0.267. The van der Waals surface area contributed by atoms with Crippen LogP contribution in [0.2, 0.25) is 0 Å². The first-order valence-corrected chi connectivity index (χ1v) is 6.25. The Bertz CT molecular complexity index is 523. The highest BCUT2D eigenvalue weighted by atomic mass is 16.3. The van der Waals surface area contributed by atoms with E-state index in [1.54, 1.807) is 24.5 Å². The predicted molar refractivity (Wildman–Crippen MR) is 74.0 cm³/mol. The number of aromatic hydroxyl groups is 2. The maximum absolute atomic E-state index is 9.50. The highest BCUT2D eigenvalue weighted by Gasteiger charge is 2.12. The molecule has 0 amide bonds. The van der Waals surface area contributed by atoms with Crippen LogP contribution in [0.3, 0.4) is 0 Å². The van der Waals surface area contributed by atoms with Crippen molar-refractivity contribution >= 4 is 0 Å². The van der Waals surface area contributed by atoms with E-state index in [1.807, 2.05) is 19.1 Å². The van der Waals surface area contributed by atoms with E-state index < -0.39 is 0 Å². The monoisotopic (exact) mass is 258 g/mol. The summed E-state index contributed by atoms with van der Waals surface area (Å²) in [6.45, 7) is 4.06. The molecule has 100 valence electrons. The van der Waals surface area contributed by atoms with Gasteiger partial charge in [-0.15, -0.1) is 0 Å². The predicted octanol–water partition coefficient (Wildman–Crippen LogP) is 2.90. The van der Waals surface area contributed by atoms with Gasteiger partial charge in [-0.25, -0.2) is 0 Å². The normalized spacial score (nSPS) is 14.0. The molecule has 1 heterocycles. The zero-order chi connectivity index (χ0) is 13.8. The Morgan fingerprint density at radius 2 is 1.42 bits per heavy atom. The van der Waals surface area contributed by atoms with Crippen LogP contribution in [0.4, 0.5) is 0 Å². The fourth-order valence-corrected chi connectivity index (χ4v) is 2.09. The van der Waals surface area contributed by atoms with E-state index in [1.165, 1.54) is 6.07 Å². The van der Waals surface area contributed by atoms with Gasteiger partial charge < -0.3 is 15.5 Å². The van der Waals surface area contributed by atoms with Crippen LogP contribution < -0.4 is 5.32 Å². The number of nitrogens with zero attached hydrogens (tertiary/aromatic N) is 1. The van der Waals surface area contributed by atoms with Crippen LogP contribution in [-0.4, -0.2) is 15.2 Å². The topological polar surface area (TPSA) is 65.4 Å². The summed E-state index contributed by atoms with van der Waals surface area (Å²) in [6.07, 6.45) is 3.52. The average molecular weight is 258 g/mol. The third kappa shape index (κ3) is 3.45. The van der Waals surface area contributed by atoms with Crippen molar-refractivity contribution in [1.82, 2.24) is 10.3 Å². The third-order valence-corrected chi connectivity index (χ3v) is 3.13. The molecule has 1 unspecified atom stereocenters. The number of hydrogen-bond acceptors (Lipinski definition) is 4. The molecular formula is C15H18N2O2. The molecule has 1 aromatic heterocycles. The lowest BCUT2D eigenvalue weighted by atomic mass is 10.0. The van der Waals surface area contributed by atoms with Gasteiger partial charge in [-0.05, 0) is 49.2 Å². The second-order valence-corrected chi connectivity index (χ2v) is 4.67. The standard InChI is InChI=1S/C15H18N2O2/c1-10(12-3-5-16-6-4-12)17-11(2)13-7-14(18)9-15(19)8-13/h3-11,17-19H,1-2H3/t10-,11?/m1/s1. The number of rotatable bonds is 4. The number of phenolic OH excluding ortho intramolecular Hbond substituents is 2. The second-order valence-electron chi connectivity index (χ2n) is 4.67. The van der Waals surface area contributed by atoms with Crippen molar-refractivity contribution in [3.63, 3.8) is 0 Å². The summed E-state index contributed by atoms with van der Waals surface area (Å²) in [6, 6.07) is 8.72. The smallest absolute Gasteiger partial charge is 0.119 e. The molecule has 3 N–H and O–H groups in total. The molecule has 0 fully saturated rings. The van der Waals surface area contributed by atoms with Crippen molar-refractivity contribution < 1.29 is 10.2 Å². The first-order valence-electron chi connectivity index (χ1n) is 6.25. The Balaban J connectivity index is 2.10. The molecule has 19 heavy (non-hydrogen) atoms. The molecule has 0 saturated heterocycles. The minimum atomic E-state index is 0.0150. The molecule has 2 aromatic rings. The van der Waals surface area contributed by atoms with E-state index in [-0.39, 0.29) is 23.6 Å². The summed E-state index contributed by atoms with van der Waals surface area (Å²) >= 11 is 0. The summed E-state index contributed by atoms with van der Waals surface area (Å²) in [7, 11) is 0. The largest absolute Gasteiger partial charge is 0.508 e. The SMILES string of the molecule is CC(N[C@H](C)c1ccncc1)c1cc(O)cc(O)c1. The summed E-state index contributed by atoms with van der Waals surface area (Å²) in [5, 5.41) is 22.4. The molecule has 4 heteroatoms. The van der Waals surface area contributed by atoms with Gasteiger partial charge in [0.1, 0.15) is 11.5 Å². The quantitative estimate of drug-likeness (QED) is 0.789. The van der Waals surface area contributed by atoms with Gasteiger partial charge in [0.25, 0.3) is 0 Å². The molecule has 0 aliphatic rings. The van der Waals surface area contributed by atoms with Crippen molar-refractivity contribution in [2.24, 2.45) is 0 Å². The van der Waals surface area contributed by atoms with Crippen molar-refractivity contribution in [2.45, 2.75) is 25.9 Å². The lowest BCUT2D eigenvalue weighted by molar-refractivity contribution is 0.442. The zero-order valence-electron chi connectivity index (χ0n) is 11.0. The van der Waals surface area contributed by atoms with Gasteiger partial charge >= 0.3 is 0 Å². The number of pyridine rings is 1. The summed E-state index contributed by atoms with van der Waals surface area (Å²) in [5.74, 6) is 0.139. The number of aromatic nitrogens is 1. The van der Waals surface area contributed by atoms with Crippen LogP contribution in [-0.2, 0) is 0 Å². The van der Waals surface area contributed by atoms with Crippen molar-refractivity contribution in [2.75, 3.05) is 0 Å². The first-order chi connectivity index (χ1) is 9.06. The van der Waals surface area contributed by atoms with Crippen LogP contribution in [0.15, 0.2) is 42.7 Å². The number of nitrogens with one attached hydrogen (secondary N) is 1. The molecule has 4 nitrogen and oxygen atoms in total. The van der Waals surface area contributed by atoms with Gasteiger partial charge in [0, 0.05) is 30.5 Å². The Morgan fingerprint density at radius 3 is 2.00 bits per heavy atom. The van der Waals surface area contributed by atoms with Gasteiger partial charge in [-0.2, -0.15) is 0 Å². The third-order valence-electron chi connectivity index (χ3n) is 3.13. The average Bonchev–Trinajstić information content (AvgIpc) is 2.38. The van der Waals surface area contributed by atoms with Crippen LogP contribution >= 0.6 is 0 Å². The van der Waals surface area contributed by atoms with Gasteiger partial charge in [-0.3, -0.25) is 4.98 Å². The van der Waals surface area contributed by atoms with E-state index in [9.17, 15) is 10.2 Å². The lowest BCUT2D eigenvalue weighted by Crippen LogP contribution is -2.22. The maximum Gasteiger partial charge on any atom is 0.119 e. The van der Waals surface area contributed by atoms with Crippen LogP contribution in [0.25, 0.3) is 0 Å². The minimum absolute atomic E-state index is 0.0150. The Labute approximate surface area is 112 Å². The summed E-state index contributed by atoms with van der Waals surface area (Å²) in [5.41, 5.74) is 1.99. The second kappa shape index (κ2) is 5.71. The highest BCUT2D eigenvalue weighted by Crippen LogP contribution is 2.26. The molecule has 0 aliphatic heterocycles. The Morgan fingerprint density at radius 1 is 0.895 bits per heavy atom. The summed E-state index contributed by atoms with van der Waals surface area (Å²) in [4.78, 5) is 3.99. The number of phenols is 2. The molecule has 0 radical (unpaired) electrons. The van der Waals surface area contributed by atoms with E-state index in [0.717, 1.165) is 11.1 Å². The molecule has 2 rings (SSSR count). The van der Waals surface area contributed by atoms with Crippen molar-refractivity contribution in [3.8, 4) is 11.5 Å². The maximum atomic E-state index is 9.50. The van der Waals surface area contributed by atoms with E-state index in [2.05, 4.69) is 17.2 Å². The van der Waals surface area contributed by atoms with E-state index in [0.29, 0.717) is 0 Å².